The largest absolute Gasteiger partial charge is 0.459 e. The normalized spacial score (nSPS) is 15.9. The van der Waals surface area contributed by atoms with E-state index in [1.54, 1.807) is 12.1 Å². The summed E-state index contributed by atoms with van der Waals surface area (Å²) >= 11 is 0. The number of benzene rings is 1. The highest BCUT2D eigenvalue weighted by molar-refractivity contribution is 5.97. The third-order valence-corrected chi connectivity index (χ3v) is 5.07. The molecule has 3 heterocycles. The Kier molecular flexibility index (Phi) is 6.23. The number of nitrogens with one attached hydrogen (secondary N) is 3. The van der Waals surface area contributed by atoms with Gasteiger partial charge in [-0.1, -0.05) is 18.2 Å². The predicted octanol–water partition coefficient (Wildman–Crippen LogP) is 1.73. The number of piperidine rings is 1. The highest BCUT2D eigenvalue weighted by Crippen LogP contribution is 2.20. The van der Waals surface area contributed by atoms with Gasteiger partial charge in [-0.05, 0) is 43.1 Å². The van der Waals surface area contributed by atoms with E-state index in [4.69, 9.17) is 10.2 Å². The van der Waals surface area contributed by atoms with Gasteiger partial charge in [-0.15, -0.1) is 0 Å². The fraction of sp³-hybridized carbons (Fsp3) is 0.273. The first kappa shape index (κ1) is 20.5. The van der Waals surface area contributed by atoms with E-state index in [9.17, 15) is 9.59 Å². The molecule has 1 saturated heterocycles. The molecule has 2 amide bonds. The molecular formula is C22H24N6O3. The number of amides is 2. The van der Waals surface area contributed by atoms with E-state index < -0.39 is 0 Å². The van der Waals surface area contributed by atoms with Crippen LogP contribution >= 0.6 is 0 Å². The van der Waals surface area contributed by atoms with Gasteiger partial charge in [-0.2, -0.15) is 0 Å². The number of aromatic nitrogens is 2. The SMILES string of the molecule is Nc1ncc(-c2cccc(CNC(=O)c3ccco3)c2)nc1C(=O)NC1CCCNC1. The zero-order valence-electron chi connectivity index (χ0n) is 16.9. The van der Waals surface area contributed by atoms with E-state index in [-0.39, 0.29) is 35.1 Å². The summed E-state index contributed by atoms with van der Waals surface area (Å²) in [6.07, 6.45) is 4.91. The second-order valence-electron chi connectivity index (χ2n) is 7.37. The summed E-state index contributed by atoms with van der Waals surface area (Å²) in [6, 6.07) is 10.8. The third-order valence-electron chi connectivity index (χ3n) is 5.07. The Hall–Kier alpha value is -3.72. The van der Waals surface area contributed by atoms with Gasteiger partial charge in [-0.25, -0.2) is 9.97 Å². The molecular weight excluding hydrogens is 396 g/mol. The van der Waals surface area contributed by atoms with Crippen molar-refractivity contribution in [1.29, 1.82) is 0 Å². The molecule has 1 fully saturated rings. The number of nitrogens with two attached hydrogens (primary N) is 1. The lowest BCUT2D eigenvalue weighted by molar-refractivity contribution is 0.0916. The molecule has 1 aliphatic heterocycles. The van der Waals surface area contributed by atoms with Crippen molar-refractivity contribution in [2.24, 2.45) is 0 Å². The van der Waals surface area contributed by atoms with E-state index in [1.807, 2.05) is 24.3 Å². The Morgan fingerprint density at radius 2 is 2.13 bits per heavy atom. The number of nitrogens with zero attached hydrogens (tertiary/aromatic N) is 2. The summed E-state index contributed by atoms with van der Waals surface area (Å²) < 4.78 is 5.09. The lowest BCUT2D eigenvalue weighted by atomic mass is 10.1. The molecule has 1 unspecified atom stereocenters. The molecule has 5 N–H and O–H groups in total. The molecule has 1 aromatic carbocycles. The molecule has 9 nitrogen and oxygen atoms in total. The smallest absolute Gasteiger partial charge is 0.287 e. The maximum atomic E-state index is 12.7. The lowest BCUT2D eigenvalue weighted by Crippen LogP contribution is -2.46. The van der Waals surface area contributed by atoms with Gasteiger partial charge in [-0.3, -0.25) is 9.59 Å². The first-order valence-corrected chi connectivity index (χ1v) is 10.2. The predicted molar refractivity (Wildman–Crippen MR) is 115 cm³/mol. The van der Waals surface area contributed by atoms with Gasteiger partial charge in [0, 0.05) is 24.7 Å². The fourth-order valence-corrected chi connectivity index (χ4v) is 3.45. The van der Waals surface area contributed by atoms with Crippen LogP contribution in [0.4, 0.5) is 5.82 Å². The Morgan fingerprint density at radius 1 is 1.23 bits per heavy atom. The van der Waals surface area contributed by atoms with Crippen molar-refractivity contribution in [3.8, 4) is 11.3 Å². The molecule has 31 heavy (non-hydrogen) atoms. The molecule has 160 valence electrons. The van der Waals surface area contributed by atoms with E-state index in [0.29, 0.717) is 12.2 Å². The second kappa shape index (κ2) is 9.40. The van der Waals surface area contributed by atoms with Gasteiger partial charge < -0.3 is 26.1 Å². The summed E-state index contributed by atoms with van der Waals surface area (Å²) in [5.74, 6) is -0.280. The minimum Gasteiger partial charge on any atom is -0.459 e. The van der Waals surface area contributed by atoms with E-state index >= 15 is 0 Å². The van der Waals surface area contributed by atoms with Crippen molar-refractivity contribution < 1.29 is 14.0 Å². The van der Waals surface area contributed by atoms with Crippen LogP contribution in [0.25, 0.3) is 11.3 Å². The number of hydrogen-bond acceptors (Lipinski definition) is 7. The summed E-state index contributed by atoms with van der Waals surface area (Å²) in [5.41, 5.74) is 8.20. The monoisotopic (exact) mass is 420 g/mol. The van der Waals surface area contributed by atoms with Crippen molar-refractivity contribution in [3.63, 3.8) is 0 Å². The standard InChI is InChI=1S/C22H24N6O3/c23-20-19(22(30)27-16-6-2-8-24-12-16)28-17(13-25-20)15-5-1-4-14(10-15)11-26-21(29)18-7-3-9-31-18/h1,3-5,7,9-10,13,16,24H,2,6,8,11-12H2,(H2,23,25)(H,26,29)(H,27,30). The molecule has 0 radical (unpaired) electrons. The van der Waals surface area contributed by atoms with Crippen LogP contribution in [-0.4, -0.2) is 40.9 Å². The summed E-state index contributed by atoms with van der Waals surface area (Å²) in [5, 5.41) is 9.04. The molecule has 1 aliphatic rings. The van der Waals surface area contributed by atoms with Crippen molar-refractivity contribution in [3.05, 3.63) is 65.9 Å². The Bertz CT molecular complexity index is 1060. The minimum atomic E-state index is -0.331. The van der Waals surface area contributed by atoms with Gasteiger partial charge in [0.2, 0.25) is 0 Å². The molecule has 0 saturated carbocycles. The number of carbonyl (C=O) groups excluding carboxylic acids is 2. The quantitative estimate of drug-likeness (QED) is 0.477. The van der Waals surface area contributed by atoms with Crippen LogP contribution in [0.5, 0.6) is 0 Å². The fourth-order valence-electron chi connectivity index (χ4n) is 3.45. The minimum absolute atomic E-state index is 0.0483. The maximum Gasteiger partial charge on any atom is 0.287 e. The number of anilines is 1. The van der Waals surface area contributed by atoms with Gasteiger partial charge in [0.1, 0.15) is 0 Å². The third kappa shape index (κ3) is 5.07. The van der Waals surface area contributed by atoms with Gasteiger partial charge in [0.25, 0.3) is 11.8 Å². The Morgan fingerprint density at radius 3 is 2.90 bits per heavy atom. The average molecular weight is 420 g/mol. The number of carbonyl (C=O) groups is 2. The van der Waals surface area contributed by atoms with Gasteiger partial charge >= 0.3 is 0 Å². The zero-order chi connectivity index (χ0) is 21.6. The Labute approximate surface area is 179 Å². The topological polar surface area (TPSA) is 135 Å². The highest BCUT2D eigenvalue weighted by Gasteiger charge is 2.20. The lowest BCUT2D eigenvalue weighted by Gasteiger charge is -2.23. The highest BCUT2D eigenvalue weighted by atomic mass is 16.3. The van der Waals surface area contributed by atoms with Gasteiger partial charge in [0.15, 0.2) is 17.3 Å². The van der Waals surface area contributed by atoms with Crippen LogP contribution in [-0.2, 0) is 6.54 Å². The molecule has 3 aromatic rings. The first-order valence-electron chi connectivity index (χ1n) is 10.2. The number of rotatable bonds is 6. The van der Waals surface area contributed by atoms with Crippen molar-refractivity contribution in [2.45, 2.75) is 25.4 Å². The van der Waals surface area contributed by atoms with Crippen LogP contribution < -0.4 is 21.7 Å². The first-order chi connectivity index (χ1) is 15.1. The molecule has 0 aliphatic carbocycles. The van der Waals surface area contributed by atoms with E-state index in [1.165, 1.54) is 12.5 Å². The summed E-state index contributed by atoms with van der Waals surface area (Å²) in [4.78, 5) is 33.4. The zero-order valence-corrected chi connectivity index (χ0v) is 16.9. The second-order valence-corrected chi connectivity index (χ2v) is 7.37. The molecule has 0 bridgehead atoms. The maximum absolute atomic E-state index is 12.7. The average Bonchev–Trinajstić information content (AvgIpc) is 3.34. The molecule has 4 rings (SSSR count). The van der Waals surface area contributed by atoms with Crippen molar-refractivity contribution >= 4 is 17.6 Å². The van der Waals surface area contributed by atoms with Crippen LogP contribution in [0.2, 0.25) is 0 Å². The Balaban J connectivity index is 1.47. The van der Waals surface area contributed by atoms with Crippen molar-refractivity contribution in [1.82, 2.24) is 25.9 Å². The van der Waals surface area contributed by atoms with Crippen LogP contribution in [0.15, 0.2) is 53.3 Å². The summed E-state index contributed by atoms with van der Waals surface area (Å²) in [6.45, 7) is 2.00. The van der Waals surface area contributed by atoms with Crippen LogP contribution in [0.1, 0.15) is 39.4 Å². The van der Waals surface area contributed by atoms with Crippen molar-refractivity contribution in [2.75, 3.05) is 18.8 Å². The van der Waals surface area contributed by atoms with Gasteiger partial charge in [0.05, 0.1) is 18.2 Å². The van der Waals surface area contributed by atoms with E-state index in [0.717, 1.165) is 37.1 Å². The van der Waals surface area contributed by atoms with Crippen LogP contribution in [0, 0.1) is 0 Å². The van der Waals surface area contributed by atoms with Crippen LogP contribution in [0.3, 0.4) is 0 Å². The number of furan rings is 1. The summed E-state index contributed by atoms with van der Waals surface area (Å²) in [7, 11) is 0. The molecule has 2 aromatic heterocycles. The molecule has 1 atom stereocenters. The van der Waals surface area contributed by atoms with E-state index in [2.05, 4.69) is 25.9 Å². The molecule has 9 heteroatoms. The number of nitrogen functional groups attached to an aromatic ring is 1. The number of hydrogen-bond donors (Lipinski definition) is 4. The molecule has 0 spiro atoms.